The first kappa shape index (κ1) is 68.9. The van der Waals surface area contributed by atoms with Gasteiger partial charge in [0, 0.05) is 12.8 Å². The second-order valence-corrected chi connectivity index (χ2v) is 22.5. The Kier molecular flexibility index (Phi) is 59.4. The Morgan fingerprint density at radius 2 is 0.586 bits per heavy atom. The lowest BCUT2D eigenvalue weighted by atomic mass is 10.0. The van der Waals surface area contributed by atoms with Crippen molar-refractivity contribution >= 4 is 11.9 Å². The van der Waals surface area contributed by atoms with Crippen LogP contribution in [0.4, 0.5) is 0 Å². The molecular weight excluding hydrogens is 863 g/mol. The molecule has 0 aliphatic rings. The van der Waals surface area contributed by atoms with E-state index in [4.69, 9.17) is 4.74 Å². The van der Waals surface area contributed by atoms with Gasteiger partial charge < -0.3 is 20.3 Å². The minimum absolute atomic E-state index is 0.0211. The molecule has 0 saturated heterocycles. The predicted molar refractivity (Wildman–Crippen MR) is 306 cm³/mol. The number of esters is 1. The van der Waals surface area contributed by atoms with Crippen LogP contribution in [0.25, 0.3) is 0 Å². The number of rotatable bonds is 61. The summed E-state index contributed by atoms with van der Waals surface area (Å²) in [6, 6.07) is -0.537. The molecule has 0 aromatic heterocycles. The van der Waals surface area contributed by atoms with E-state index in [1.807, 2.05) is 0 Å². The molecule has 0 fully saturated rings. The molecule has 2 unspecified atom stereocenters. The zero-order valence-electron chi connectivity index (χ0n) is 47.8. The van der Waals surface area contributed by atoms with Gasteiger partial charge >= 0.3 is 5.97 Å². The van der Waals surface area contributed by atoms with E-state index in [0.717, 1.165) is 38.5 Å². The fraction of sp³-hybridized carbons (Fsp3) is 0.969. The molecule has 0 radical (unpaired) electrons. The van der Waals surface area contributed by atoms with Gasteiger partial charge in [0.25, 0.3) is 0 Å². The highest BCUT2D eigenvalue weighted by molar-refractivity contribution is 5.76. The first-order valence-electron chi connectivity index (χ1n) is 32.3. The molecule has 3 N–H and O–H groups in total. The maximum absolute atomic E-state index is 12.5. The largest absolute Gasteiger partial charge is 0.466 e. The summed E-state index contributed by atoms with van der Waals surface area (Å²) in [6.07, 6.45) is 71.3. The molecular formula is C64H127NO5. The lowest BCUT2D eigenvalue weighted by Gasteiger charge is -2.22. The number of aliphatic hydroxyl groups excluding tert-OH is 2. The monoisotopic (exact) mass is 990 g/mol. The Morgan fingerprint density at radius 3 is 0.871 bits per heavy atom. The summed E-state index contributed by atoms with van der Waals surface area (Å²) >= 11 is 0. The van der Waals surface area contributed by atoms with E-state index < -0.39 is 12.1 Å². The zero-order chi connectivity index (χ0) is 50.7. The van der Waals surface area contributed by atoms with E-state index in [9.17, 15) is 19.8 Å². The number of aliphatic hydroxyl groups is 2. The summed E-state index contributed by atoms with van der Waals surface area (Å²) in [6.45, 7) is 4.98. The van der Waals surface area contributed by atoms with E-state index >= 15 is 0 Å². The summed E-state index contributed by atoms with van der Waals surface area (Å²) in [5.74, 6) is -0.00969. The van der Waals surface area contributed by atoms with Gasteiger partial charge in [-0.25, -0.2) is 0 Å². The van der Waals surface area contributed by atoms with Crippen LogP contribution in [0.3, 0.4) is 0 Å². The van der Waals surface area contributed by atoms with Crippen molar-refractivity contribution in [3.05, 3.63) is 0 Å². The molecule has 0 rings (SSSR count). The quantitative estimate of drug-likeness (QED) is 0.0417. The van der Waals surface area contributed by atoms with Gasteiger partial charge in [-0.3, -0.25) is 9.59 Å². The van der Waals surface area contributed by atoms with Crippen molar-refractivity contribution in [3.63, 3.8) is 0 Å². The van der Waals surface area contributed by atoms with Gasteiger partial charge in [0.1, 0.15) is 0 Å². The second-order valence-electron chi connectivity index (χ2n) is 22.5. The normalized spacial score (nSPS) is 12.5. The van der Waals surface area contributed by atoms with Crippen molar-refractivity contribution in [3.8, 4) is 0 Å². The maximum Gasteiger partial charge on any atom is 0.305 e. The summed E-state index contributed by atoms with van der Waals surface area (Å²) < 4.78 is 5.50. The van der Waals surface area contributed by atoms with E-state index in [-0.39, 0.29) is 18.5 Å². The molecule has 0 saturated carbocycles. The Hall–Kier alpha value is -1.14. The van der Waals surface area contributed by atoms with Crippen LogP contribution in [-0.2, 0) is 14.3 Å². The number of carbonyl (C=O) groups excluding carboxylic acids is 2. The first-order valence-corrected chi connectivity index (χ1v) is 32.3. The number of amides is 1. The van der Waals surface area contributed by atoms with E-state index in [1.165, 1.54) is 302 Å². The molecule has 6 heteroatoms. The standard InChI is InChI=1S/C64H127NO5/c1-3-5-7-9-11-13-15-17-30-34-38-42-46-50-54-58-64(69)70-59-55-51-47-43-39-35-32-29-27-25-23-21-19-18-20-22-24-26-28-31-33-37-41-45-49-53-57-63(68)65-61(60-66)62(67)56-52-48-44-40-36-16-14-12-10-8-6-4-2/h61-62,66-67H,3-60H2,1-2H3,(H,65,68). The Morgan fingerprint density at radius 1 is 0.343 bits per heavy atom. The highest BCUT2D eigenvalue weighted by Gasteiger charge is 2.20. The molecule has 2 atom stereocenters. The lowest BCUT2D eigenvalue weighted by Crippen LogP contribution is -2.45. The molecule has 0 aromatic carbocycles. The van der Waals surface area contributed by atoms with Crippen LogP contribution in [0.2, 0.25) is 0 Å². The van der Waals surface area contributed by atoms with Gasteiger partial charge in [0.2, 0.25) is 5.91 Å². The van der Waals surface area contributed by atoms with Crippen LogP contribution in [0.5, 0.6) is 0 Å². The third-order valence-electron chi connectivity index (χ3n) is 15.4. The van der Waals surface area contributed by atoms with Crippen LogP contribution >= 0.6 is 0 Å². The zero-order valence-corrected chi connectivity index (χ0v) is 47.8. The third-order valence-corrected chi connectivity index (χ3v) is 15.4. The first-order chi connectivity index (χ1) is 34.5. The number of hydrogen-bond donors (Lipinski definition) is 3. The molecule has 1 amide bonds. The molecule has 0 heterocycles. The molecule has 70 heavy (non-hydrogen) atoms. The number of nitrogens with one attached hydrogen (secondary N) is 1. The van der Waals surface area contributed by atoms with Gasteiger partial charge in [-0.1, -0.05) is 335 Å². The van der Waals surface area contributed by atoms with Crippen LogP contribution < -0.4 is 5.32 Å². The molecule has 0 spiro atoms. The maximum atomic E-state index is 12.5. The molecule has 6 nitrogen and oxygen atoms in total. The van der Waals surface area contributed by atoms with Crippen molar-refractivity contribution < 1.29 is 24.5 Å². The van der Waals surface area contributed by atoms with Crippen molar-refractivity contribution in [1.29, 1.82) is 0 Å². The highest BCUT2D eigenvalue weighted by atomic mass is 16.5. The fourth-order valence-electron chi connectivity index (χ4n) is 10.5. The number of unbranched alkanes of at least 4 members (excludes halogenated alkanes) is 50. The summed E-state index contributed by atoms with van der Waals surface area (Å²) in [4.78, 5) is 24.5. The van der Waals surface area contributed by atoms with Crippen molar-refractivity contribution in [2.45, 2.75) is 386 Å². The SMILES string of the molecule is CCCCCCCCCCCCCCCCCC(=O)OCCCCCCCCCCCCCCCCCCCCCCCCCCCCC(=O)NC(CO)C(O)CCCCCCCCCCCCCC. The van der Waals surface area contributed by atoms with E-state index in [2.05, 4.69) is 19.2 Å². The van der Waals surface area contributed by atoms with Gasteiger partial charge in [0.05, 0.1) is 25.4 Å². The van der Waals surface area contributed by atoms with Crippen molar-refractivity contribution in [2.24, 2.45) is 0 Å². The van der Waals surface area contributed by atoms with Gasteiger partial charge in [0.15, 0.2) is 0 Å². The number of ether oxygens (including phenoxy) is 1. The van der Waals surface area contributed by atoms with Crippen molar-refractivity contribution in [1.82, 2.24) is 5.32 Å². The van der Waals surface area contributed by atoms with Crippen LogP contribution in [0.15, 0.2) is 0 Å². The minimum Gasteiger partial charge on any atom is -0.466 e. The molecule has 418 valence electrons. The van der Waals surface area contributed by atoms with Gasteiger partial charge in [-0.05, 0) is 25.7 Å². The van der Waals surface area contributed by atoms with Gasteiger partial charge in [-0.2, -0.15) is 0 Å². The topological polar surface area (TPSA) is 95.9 Å². The summed E-state index contributed by atoms with van der Waals surface area (Å²) in [7, 11) is 0. The average Bonchev–Trinajstić information content (AvgIpc) is 3.36. The molecule has 0 aromatic rings. The highest BCUT2D eigenvalue weighted by Crippen LogP contribution is 2.19. The Balaban J connectivity index is 3.31. The smallest absolute Gasteiger partial charge is 0.305 e. The minimum atomic E-state index is -0.660. The van der Waals surface area contributed by atoms with E-state index in [1.54, 1.807) is 0 Å². The van der Waals surface area contributed by atoms with Crippen molar-refractivity contribution in [2.75, 3.05) is 13.2 Å². The van der Waals surface area contributed by atoms with E-state index in [0.29, 0.717) is 25.9 Å². The van der Waals surface area contributed by atoms with Crippen LogP contribution in [-0.4, -0.2) is 47.4 Å². The lowest BCUT2D eigenvalue weighted by molar-refractivity contribution is -0.143. The number of carbonyl (C=O) groups is 2. The predicted octanol–water partition coefficient (Wildman–Crippen LogP) is 20.3. The van der Waals surface area contributed by atoms with Crippen LogP contribution in [0, 0.1) is 0 Å². The fourth-order valence-corrected chi connectivity index (χ4v) is 10.5. The molecule has 0 aliphatic carbocycles. The Bertz CT molecular complexity index is 1010. The molecule has 0 aliphatic heterocycles. The third kappa shape index (κ3) is 56.2. The molecule has 0 bridgehead atoms. The Labute approximate surface area is 438 Å². The summed E-state index contributed by atoms with van der Waals surface area (Å²) in [5, 5.41) is 23.2. The second kappa shape index (κ2) is 60.4. The average molecular weight is 991 g/mol. The summed E-state index contributed by atoms with van der Waals surface area (Å²) in [5.41, 5.74) is 0. The van der Waals surface area contributed by atoms with Gasteiger partial charge in [-0.15, -0.1) is 0 Å². The van der Waals surface area contributed by atoms with Crippen LogP contribution in [0.1, 0.15) is 373 Å². The number of hydrogen-bond acceptors (Lipinski definition) is 5.